The second kappa shape index (κ2) is 8.42. The molecule has 0 aromatic heterocycles. The first kappa shape index (κ1) is 20.1. The van der Waals surface area contributed by atoms with Gasteiger partial charge in [-0.3, -0.25) is 5.32 Å². The van der Waals surface area contributed by atoms with Crippen molar-refractivity contribution < 1.29 is 8.85 Å². The van der Waals surface area contributed by atoms with Crippen LogP contribution >= 0.6 is 0 Å². The lowest BCUT2D eigenvalue weighted by Crippen LogP contribution is -2.40. The molecule has 0 heterocycles. The molecule has 0 saturated heterocycles. The summed E-state index contributed by atoms with van der Waals surface area (Å²) < 4.78 is 12.9. The van der Waals surface area contributed by atoms with E-state index in [-0.39, 0.29) is 12.5 Å². The molecule has 0 aliphatic carbocycles. The highest BCUT2D eigenvalue weighted by molar-refractivity contribution is 6.70. The normalized spacial score (nSPS) is 15.0. The molecule has 1 N–H and O–H groups in total. The molecule has 2 aromatic carbocycles. The summed E-state index contributed by atoms with van der Waals surface area (Å²) >= 11 is 0. The Morgan fingerprint density at radius 1 is 0.600 bits per heavy atom. The summed E-state index contributed by atoms with van der Waals surface area (Å²) in [5, 5.41) is 3.62. The van der Waals surface area contributed by atoms with Gasteiger partial charge in [0.2, 0.25) is 0 Å². The smallest absolute Gasteiger partial charge is 0.186 e. The minimum absolute atomic E-state index is 0.186. The largest absolute Gasteiger partial charge is 0.398 e. The van der Waals surface area contributed by atoms with Crippen LogP contribution in [0.15, 0.2) is 60.7 Å². The van der Waals surface area contributed by atoms with Gasteiger partial charge in [-0.1, -0.05) is 60.7 Å². The quantitative estimate of drug-likeness (QED) is 0.477. The van der Waals surface area contributed by atoms with Crippen molar-refractivity contribution in [2.24, 2.45) is 0 Å². The lowest BCUT2D eigenvalue weighted by atomic mass is 10.1. The Labute approximate surface area is 154 Å². The molecule has 0 saturated carbocycles. The van der Waals surface area contributed by atoms with Gasteiger partial charge in [0, 0.05) is 0 Å². The molecular weight excluding hydrogens is 342 g/mol. The van der Waals surface area contributed by atoms with E-state index in [1.165, 1.54) is 0 Å². The molecule has 2 unspecified atom stereocenters. The zero-order valence-electron chi connectivity index (χ0n) is 16.2. The monoisotopic (exact) mass is 373 g/mol. The first-order valence-electron chi connectivity index (χ1n) is 8.86. The second-order valence-electron chi connectivity index (χ2n) is 8.21. The lowest BCUT2D eigenvalue weighted by molar-refractivity contribution is 0.0621. The molecule has 0 spiro atoms. The first-order chi connectivity index (χ1) is 11.6. The zero-order chi connectivity index (χ0) is 18.5. The van der Waals surface area contributed by atoms with E-state index >= 15 is 0 Å². The van der Waals surface area contributed by atoms with Crippen molar-refractivity contribution >= 4 is 16.6 Å². The Kier molecular flexibility index (Phi) is 6.76. The third kappa shape index (κ3) is 7.26. The van der Waals surface area contributed by atoms with Crippen molar-refractivity contribution in [3.63, 3.8) is 0 Å². The van der Waals surface area contributed by atoms with Crippen molar-refractivity contribution in [3.8, 4) is 0 Å². The van der Waals surface area contributed by atoms with E-state index in [4.69, 9.17) is 8.85 Å². The Hall–Kier alpha value is -1.25. The van der Waals surface area contributed by atoms with Gasteiger partial charge in [0.1, 0.15) is 12.5 Å². The molecule has 3 nitrogen and oxygen atoms in total. The van der Waals surface area contributed by atoms with Crippen LogP contribution in [-0.4, -0.2) is 16.6 Å². The predicted octanol–water partition coefficient (Wildman–Crippen LogP) is 5.68. The van der Waals surface area contributed by atoms with Gasteiger partial charge >= 0.3 is 0 Å². The van der Waals surface area contributed by atoms with Crippen molar-refractivity contribution in [2.45, 2.75) is 51.7 Å². The molecule has 2 aromatic rings. The molecule has 0 aliphatic heterocycles. The van der Waals surface area contributed by atoms with E-state index in [0.29, 0.717) is 0 Å². The summed E-state index contributed by atoms with van der Waals surface area (Å²) in [6.45, 7) is 13.3. The fourth-order valence-corrected chi connectivity index (χ4v) is 4.32. The summed E-state index contributed by atoms with van der Waals surface area (Å²) in [5.74, 6) is 0. The van der Waals surface area contributed by atoms with Gasteiger partial charge in [0.25, 0.3) is 0 Å². The van der Waals surface area contributed by atoms with Crippen LogP contribution < -0.4 is 5.32 Å². The Bertz CT molecular complexity index is 579. The van der Waals surface area contributed by atoms with Crippen LogP contribution in [-0.2, 0) is 8.85 Å². The van der Waals surface area contributed by atoms with E-state index in [1.807, 2.05) is 12.1 Å². The van der Waals surface area contributed by atoms with E-state index in [1.54, 1.807) is 0 Å². The van der Waals surface area contributed by atoms with Gasteiger partial charge in [-0.15, -0.1) is 0 Å². The first-order valence-corrected chi connectivity index (χ1v) is 15.7. The highest BCUT2D eigenvalue weighted by Gasteiger charge is 2.28. The third-order valence-electron chi connectivity index (χ3n) is 3.45. The molecule has 136 valence electrons. The number of hydrogen-bond donors (Lipinski definition) is 1. The molecule has 5 heteroatoms. The molecular formula is C20H31NO2Si2. The van der Waals surface area contributed by atoms with E-state index < -0.39 is 16.6 Å². The molecule has 0 amide bonds. The van der Waals surface area contributed by atoms with Gasteiger partial charge in [0.15, 0.2) is 16.6 Å². The standard InChI is InChI=1S/C20H31NO2Si2/c1-24(2,3)22-19(17-13-9-7-10-14-17)21-20(23-25(4,5)6)18-15-11-8-12-16-18/h7-16,19-21H,1-6H3. The average Bonchev–Trinajstić information content (AvgIpc) is 2.53. The van der Waals surface area contributed by atoms with Crippen LogP contribution in [0.2, 0.25) is 39.3 Å². The van der Waals surface area contributed by atoms with Gasteiger partial charge in [-0.05, 0) is 50.4 Å². The molecule has 2 rings (SSSR count). The van der Waals surface area contributed by atoms with E-state index in [2.05, 4.69) is 93.1 Å². The molecule has 25 heavy (non-hydrogen) atoms. The van der Waals surface area contributed by atoms with Crippen molar-refractivity contribution in [1.29, 1.82) is 0 Å². The predicted molar refractivity (Wildman–Crippen MR) is 110 cm³/mol. The van der Waals surface area contributed by atoms with Gasteiger partial charge in [-0.25, -0.2) is 0 Å². The maximum Gasteiger partial charge on any atom is 0.186 e. The van der Waals surface area contributed by atoms with Crippen LogP contribution in [0.3, 0.4) is 0 Å². The van der Waals surface area contributed by atoms with E-state index in [9.17, 15) is 0 Å². The van der Waals surface area contributed by atoms with Gasteiger partial charge < -0.3 is 8.85 Å². The number of nitrogens with one attached hydrogen (secondary N) is 1. The average molecular weight is 374 g/mol. The van der Waals surface area contributed by atoms with Gasteiger partial charge in [0.05, 0.1) is 0 Å². The fraction of sp³-hybridized carbons (Fsp3) is 0.400. The Morgan fingerprint density at radius 3 is 1.20 bits per heavy atom. The van der Waals surface area contributed by atoms with Crippen LogP contribution in [0.4, 0.5) is 0 Å². The Morgan fingerprint density at radius 2 is 0.920 bits per heavy atom. The number of hydrogen-bond acceptors (Lipinski definition) is 3. The molecule has 0 bridgehead atoms. The Balaban J connectivity index is 2.31. The topological polar surface area (TPSA) is 30.5 Å². The second-order valence-corrected chi connectivity index (χ2v) is 17.1. The lowest BCUT2D eigenvalue weighted by Gasteiger charge is -2.34. The van der Waals surface area contributed by atoms with Crippen molar-refractivity contribution in [3.05, 3.63) is 71.8 Å². The summed E-state index contributed by atoms with van der Waals surface area (Å²) in [6.07, 6.45) is -0.371. The minimum atomic E-state index is -1.74. The summed E-state index contributed by atoms with van der Waals surface area (Å²) in [5.41, 5.74) is 2.26. The molecule has 0 aliphatic rings. The van der Waals surface area contributed by atoms with Crippen LogP contribution in [0.5, 0.6) is 0 Å². The van der Waals surface area contributed by atoms with E-state index in [0.717, 1.165) is 11.1 Å². The minimum Gasteiger partial charge on any atom is -0.398 e. The molecule has 0 fully saturated rings. The number of benzene rings is 2. The highest BCUT2D eigenvalue weighted by atomic mass is 28.4. The summed E-state index contributed by atoms with van der Waals surface area (Å²) in [7, 11) is -3.47. The maximum absolute atomic E-state index is 6.45. The van der Waals surface area contributed by atoms with Crippen LogP contribution in [0.1, 0.15) is 23.6 Å². The van der Waals surface area contributed by atoms with Crippen LogP contribution in [0, 0.1) is 0 Å². The van der Waals surface area contributed by atoms with Crippen molar-refractivity contribution in [2.75, 3.05) is 0 Å². The van der Waals surface area contributed by atoms with Crippen molar-refractivity contribution in [1.82, 2.24) is 5.32 Å². The van der Waals surface area contributed by atoms with Crippen LogP contribution in [0.25, 0.3) is 0 Å². The number of rotatable bonds is 8. The SMILES string of the molecule is C[Si](C)(C)OC(NC(O[Si](C)(C)C)c1ccccc1)c1ccccc1. The molecule has 2 atom stereocenters. The van der Waals surface area contributed by atoms with Gasteiger partial charge in [-0.2, -0.15) is 0 Å². The third-order valence-corrected chi connectivity index (χ3v) is 5.34. The highest BCUT2D eigenvalue weighted by Crippen LogP contribution is 2.27. The molecule has 0 radical (unpaired) electrons. The zero-order valence-corrected chi connectivity index (χ0v) is 18.2. The summed E-state index contributed by atoms with van der Waals surface area (Å²) in [6, 6.07) is 20.7. The maximum atomic E-state index is 6.45. The summed E-state index contributed by atoms with van der Waals surface area (Å²) in [4.78, 5) is 0. The fourth-order valence-electron chi connectivity index (χ4n) is 2.50.